The van der Waals surface area contributed by atoms with Crippen LogP contribution in [0, 0.1) is 0 Å². The largest absolute Gasteiger partial charge is 0.313 e. The lowest BCUT2D eigenvalue weighted by Gasteiger charge is -2.05. The van der Waals surface area contributed by atoms with Crippen LogP contribution in [0.2, 0.25) is 0 Å². The van der Waals surface area contributed by atoms with Gasteiger partial charge in [0, 0.05) is 0 Å². The van der Waals surface area contributed by atoms with Crippen LogP contribution in [0.3, 0.4) is 0 Å². The van der Waals surface area contributed by atoms with Crippen molar-refractivity contribution in [3.8, 4) is 0 Å². The van der Waals surface area contributed by atoms with Gasteiger partial charge in [0.25, 0.3) is 5.56 Å². The van der Waals surface area contributed by atoms with Gasteiger partial charge < -0.3 is 4.98 Å². The van der Waals surface area contributed by atoms with E-state index in [0.29, 0.717) is 11.3 Å². The van der Waals surface area contributed by atoms with E-state index < -0.39 is 0 Å². The van der Waals surface area contributed by atoms with Crippen LogP contribution in [0.1, 0.15) is 29.9 Å². The van der Waals surface area contributed by atoms with Crippen molar-refractivity contribution in [2.75, 3.05) is 0 Å². The highest BCUT2D eigenvalue weighted by molar-refractivity contribution is 5.84. The van der Waals surface area contributed by atoms with Crippen LogP contribution in [-0.2, 0) is 0 Å². The first-order valence-electron chi connectivity index (χ1n) is 5.43. The highest BCUT2D eigenvalue weighted by Crippen LogP contribution is 2.42. The van der Waals surface area contributed by atoms with E-state index >= 15 is 0 Å². The van der Waals surface area contributed by atoms with Gasteiger partial charge in [-0.2, -0.15) is 0 Å². The predicted molar refractivity (Wildman–Crippen MR) is 64.4 cm³/mol. The first-order chi connectivity index (χ1) is 7.79. The lowest BCUT2D eigenvalue weighted by molar-refractivity contribution is 1.10. The fourth-order valence-corrected chi connectivity index (χ4v) is 2.05. The number of nitrogens with one attached hydrogen (secondary N) is 1. The summed E-state index contributed by atoms with van der Waals surface area (Å²) in [6, 6.07) is 3.94. The van der Waals surface area contributed by atoms with E-state index in [4.69, 9.17) is 0 Å². The van der Waals surface area contributed by atoms with E-state index in [1.165, 1.54) is 24.7 Å². The zero-order chi connectivity index (χ0) is 11.1. The van der Waals surface area contributed by atoms with E-state index in [-0.39, 0.29) is 5.56 Å². The van der Waals surface area contributed by atoms with Crippen molar-refractivity contribution in [3.05, 3.63) is 46.5 Å². The number of nitrogens with zero attached hydrogens (tertiary/aromatic N) is 1. The topological polar surface area (TPSA) is 45.8 Å². The Hall–Kier alpha value is -1.90. The highest BCUT2D eigenvalue weighted by Gasteiger charge is 2.26. The molecule has 3 heteroatoms. The lowest BCUT2D eigenvalue weighted by Crippen LogP contribution is -2.07. The molecule has 3 nitrogen and oxygen atoms in total. The van der Waals surface area contributed by atoms with Gasteiger partial charge in [-0.1, -0.05) is 12.7 Å². The number of aromatic amines is 1. The number of hydrogen-bond donors (Lipinski definition) is 1. The van der Waals surface area contributed by atoms with Crippen molar-refractivity contribution in [1.82, 2.24) is 9.97 Å². The molecule has 1 aromatic heterocycles. The molecule has 0 unspecified atom stereocenters. The average molecular weight is 212 g/mol. The molecule has 1 saturated carbocycles. The molecule has 1 aliphatic carbocycles. The molecule has 0 bridgehead atoms. The second-order valence-electron chi connectivity index (χ2n) is 4.22. The molecule has 1 aliphatic rings. The summed E-state index contributed by atoms with van der Waals surface area (Å²) in [5.41, 5.74) is 2.96. The Morgan fingerprint density at radius 1 is 1.44 bits per heavy atom. The quantitative estimate of drug-likeness (QED) is 0.831. The van der Waals surface area contributed by atoms with E-state index in [2.05, 4.69) is 22.6 Å². The van der Waals surface area contributed by atoms with E-state index in [1.807, 2.05) is 6.07 Å². The van der Waals surface area contributed by atoms with Crippen LogP contribution in [0.5, 0.6) is 0 Å². The summed E-state index contributed by atoms with van der Waals surface area (Å²) in [6.07, 6.45) is 5.65. The fourth-order valence-electron chi connectivity index (χ4n) is 2.05. The minimum absolute atomic E-state index is 0.0735. The van der Waals surface area contributed by atoms with E-state index in [0.717, 1.165) is 11.1 Å². The SMILES string of the molecule is C=Cc1cc(C2CC2)c2nc[nH]c(=O)c2c1. The van der Waals surface area contributed by atoms with Crippen molar-refractivity contribution >= 4 is 17.0 Å². The number of benzene rings is 1. The maximum atomic E-state index is 11.7. The summed E-state index contributed by atoms with van der Waals surface area (Å²) in [5.74, 6) is 0.580. The third-order valence-corrected chi connectivity index (χ3v) is 3.05. The molecule has 2 aromatic rings. The summed E-state index contributed by atoms with van der Waals surface area (Å²) < 4.78 is 0. The van der Waals surface area contributed by atoms with Gasteiger partial charge in [-0.05, 0) is 42.0 Å². The Morgan fingerprint density at radius 3 is 2.94 bits per heavy atom. The normalized spacial score (nSPS) is 15.2. The molecule has 16 heavy (non-hydrogen) atoms. The van der Waals surface area contributed by atoms with Crippen molar-refractivity contribution in [3.63, 3.8) is 0 Å². The van der Waals surface area contributed by atoms with Gasteiger partial charge >= 0.3 is 0 Å². The number of rotatable bonds is 2. The number of hydrogen-bond acceptors (Lipinski definition) is 2. The van der Waals surface area contributed by atoms with Crippen molar-refractivity contribution in [2.24, 2.45) is 0 Å². The Bertz CT molecular complexity index is 623. The zero-order valence-electron chi connectivity index (χ0n) is 8.86. The monoisotopic (exact) mass is 212 g/mol. The van der Waals surface area contributed by atoms with Crippen LogP contribution in [0.25, 0.3) is 17.0 Å². The van der Waals surface area contributed by atoms with Gasteiger partial charge in [0.05, 0.1) is 17.2 Å². The average Bonchev–Trinajstić information content (AvgIpc) is 3.12. The Morgan fingerprint density at radius 2 is 2.25 bits per heavy atom. The molecular formula is C13H12N2O. The number of H-pyrrole nitrogens is 1. The van der Waals surface area contributed by atoms with Crippen LogP contribution in [-0.4, -0.2) is 9.97 Å². The van der Waals surface area contributed by atoms with Crippen LogP contribution in [0.4, 0.5) is 0 Å². The Labute approximate surface area is 92.8 Å². The van der Waals surface area contributed by atoms with Gasteiger partial charge in [0.2, 0.25) is 0 Å². The van der Waals surface area contributed by atoms with E-state index in [1.54, 1.807) is 6.08 Å². The number of fused-ring (bicyclic) bond motifs is 1. The molecule has 0 atom stereocenters. The third-order valence-electron chi connectivity index (χ3n) is 3.05. The standard InChI is InChI=1S/C13H12N2O/c1-2-8-5-10(9-3-4-9)12-11(6-8)13(16)15-7-14-12/h2,5-7,9H,1,3-4H2,(H,14,15,16). The zero-order valence-corrected chi connectivity index (χ0v) is 8.86. The van der Waals surface area contributed by atoms with Gasteiger partial charge in [0.15, 0.2) is 0 Å². The third kappa shape index (κ3) is 1.36. The van der Waals surface area contributed by atoms with Crippen molar-refractivity contribution < 1.29 is 0 Å². The Balaban J connectivity index is 2.42. The maximum absolute atomic E-state index is 11.7. The summed E-state index contributed by atoms with van der Waals surface area (Å²) in [6.45, 7) is 3.76. The molecule has 0 saturated heterocycles. The Kier molecular flexibility index (Phi) is 1.93. The van der Waals surface area contributed by atoms with Gasteiger partial charge in [-0.15, -0.1) is 0 Å². The van der Waals surface area contributed by atoms with Gasteiger partial charge in [-0.25, -0.2) is 4.98 Å². The molecule has 3 rings (SSSR count). The molecular weight excluding hydrogens is 200 g/mol. The molecule has 1 aromatic carbocycles. The highest BCUT2D eigenvalue weighted by atomic mass is 16.1. The predicted octanol–water partition coefficient (Wildman–Crippen LogP) is 2.44. The summed E-state index contributed by atoms with van der Waals surface area (Å²) in [5, 5.41) is 0.668. The van der Waals surface area contributed by atoms with Crippen molar-refractivity contribution in [1.29, 1.82) is 0 Å². The maximum Gasteiger partial charge on any atom is 0.258 e. The molecule has 1 fully saturated rings. The lowest BCUT2D eigenvalue weighted by atomic mass is 10.0. The molecule has 0 aliphatic heterocycles. The second kappa shape index (κ2) is 3.30. The summed E-state index contributed by atoms with van der Waals surface area (Å²) >= 11 is 0. The van der Waals surface area contributed by atoms with Gasteiger partial charge in [-0.3, -0.25) is 4.79 Å². The minimum Gasteiger partial charge on any atom is -0.313 e. The fraction of sp³-hybridized carbons (Fsp3) is 0.231. The molecule has 80 valence electrons. The van der Waals surface area contributed by atoms with Crippen LogP contribution in [0.15, 0.2) is 29.8 Å². The van der Waals surface area contributed by atoms with Gasteiger partial charge in [0.1, 0.15) is 0 Å². The molecule has 1 heterocycles. The van der Waals surface area contributed by atoms with Crippen molar-refractivity contribution in [2.45, 2.75) is 18.8 Å². The van der Waals surface area contributed by atoms with E-state index in [9.17, 15) is 4.79 Å². The summed E-state index contributed by atoms with van der Waals surface area (Å²) in [7, 11) is 0. The first-order valence-corrected chi connectivity index (χ1v) is 5.43. The molecule has 0 amide bonds. The van der Waals surface area contributed by atoms with Crippen LogP contribution < -0.4 is 5.56 Å². The molecule has 0 spiro atoms. The van der Waals surface area contributed by atoms with Crippen LogP contribution >= 0.6 is 0 Å². The molecule has 0 radical (unpaired) electrons. The molecule has 1 N–H and O–H groups in total. The number of aromatic nitrogens is 2. The second-order valence-corrected chi connectivity index (χ2v) is 4.22. The summed E-state index contributed by atoms with van der Waals surface area (Å²) in [4.78, 5) is 18.6. The smallest absolute Gasteiger partial charge is 0.258 e. The first kappa shape index (κ1) is 9.33. The minimum atomic E-state index is -0.0735.